The summed E-state index contributed by atoms with van der Waals surface area (Å²) in [7, 11) is 0. The summed E-state index contributed by atoms with van der Waals surface area (Å²) in [6.45, 7) is 9.37. The minimum Gasteiger partial charge on any atom is -0.353 e. The molecule has 6 heteroatoms. The second-order valence-electron chi connectivity index (χ2n) is 7.34. The van der Waals surface area contributed by atoms with Crippen LogP contribution in [0.3, 0.4) is 0 Å². The van der Waals surface area contributed by atoms with Crippen LogP contribution in [-0.4, -0.2) is 72.5 Å². The molecule has 24 heavy (non-hydrogen) atoms. The van der Waals surface area contributed by atoms with Gasteiger partial charge in [-0.15, -0.1) is 11.3 Å². The van der Waals surface area contributed by atoms with Crippen LogP contribution in [-0.2, 0) is 17.9 Å². The van der Waals surface area contributed by atoms with E-state index in [2.05, 4.69) is 31.5 Å². The van der Waals surface area contributed by atoms with E-state index in [4.69, 9.17) is 0 Å². The van der Waals surface area contributed by atoms with Gasteiger partial charge in [-0.05, 0) is 42.9 Å². The Kier molecular flexibility index (Phi) is 5.17. The zero-order chi connectivity index (χ0) is 16.4. The van der Waals surface area contributed by atoms with Gasteiger partial charge in [-0.1, -0.05) is 6.42 Å². The zero-order valence-corrected chi connectivity index (χ0v) is 15.2. The van der Waals surface area contributed by atoms with Crippen LogP contribution >= 0.6 is 11.3 Å². The van der Waals surface area contributed by atoms with E-state index in [9.17, 15) is 4.79 Å². The second kappa shape index (κ2) is 7.52. The van der Waals surface area contributed by atoms with E-state index < -0.39 is 0 Å². The maximum absolute atomic E-state index is 12.1. The van der Waals surface area contributed by atoms with Gasteiger partial charge in [0.2, 0.25) is 5.91 Å². The summed E-state index contributed by atoms with van der Waals surface area (Å²) in [5, 5.41) is 5.33. The van der Waals surface area contributed by atoms with Crippen molar-refractivity contribution >= 4 is 17.2 Å². The third-order valence-corrected chi connectivity index (χ3v) is 6.49. The molecule has 4 heterocycles. The summed E-state index contributed by atoms with van der Waals surface area (Å²) in [4.78, 5) is 20.9. The minimum absolute atomic E-state index is 0.0558. The summed E-state index contributed by atoms with van der Waals surface area (Å²) < 4.78 is 0. The molecule has 0 unspecified atom stereocenters. The van der Waals surface area contributed by atoms with Gasteiger partial charge in [-0.3, -0.25) is 19.5 Å². The van der Waals surface area contributed by atoms with Gasteiger partial charge in [0.15, 0.2) is 0 Å². The van der Waals surface area contributed by atoms with Crippen molar-refractivity contribution in [2.75, 3.05) is 45.8 Å². The van der Waals surface area contributed by atoms with Crippen LogP contribution < -0.4 is 5.32 Å². The first kappa shape index (κ1) is 16.5. The Bertz CT molecular complexity index is 569. The highest BCUT2D eigenvalue weighted by molar-refractivity contribution is 7.10. The summed E-state index contributed by atoms with van der Waals surface area (Å²) in [5.74, 6) is 0.211. The van der Waals surface area contributed by atoms with Crippen LogP contribution in [0.2, 0.25) is 0 Å². The third-order valence-electron chi connectivity index (χ3n) is 5.52. The van der Waals surface area contributed by atoms with E-state index in [0.717, 1.165) is 45.8 Å². The molecule has 3 aliphatic heterocycles. The molecule has 0 aromatic carbocycles. The van der Waals surface area contributed by atoms with Crippen molar-refractivity contribution in [3.05, 3.63) is 21.9 Å². The van der Waals surface area contributed by atoms with Gasteiger partial charge in [0.1, 0.15) is 6.04 Å². The van der Waals surface area contributed by atoms with Crippen LogP contribution in [0.4, 0.5) is 0 Å². The number of piperazine rings is 2. The fourth-order valence-corrected chi connectivity index (χ4v) is 5.09. The Hall–Kier alpha value is -0.950. The van der Waals surface area contributed by atoms with E-state index in [1.807, 2.05) is 11.3 Å². The number of rotatable bonds is 4. The number of hydrogen-bond donors (Lipinski definition) is 1. The molecule has 3 aliphatic rings. The molecule has 4 rings (SSSR count). The quantitative estimate of drug-likeness (QED) is 0.892. The van der Waals surface area contributed by atoms with Crippen LogP contribution in [0.5, 0.6) is 0 Å². The fourth-order valence-electron chi connectivity index (χ4n) is 4.17. The van der Waals surface area contributed by atoms with Crippen molar-refractivity contribution < 1.29 is 4.79 Å². The SMILES string of the molecule is O=C1NCCN2CCN(Cc3cc(CN4CCCCC4)cs3)C[C@@H]12. The lowest BCUT2D eigenvalue weighted by atomic mass is 10.1. The molecule has 1 aromatic heterocycles. The average Bonchev–Trinajstić information content (AvgIpc) is 3.03. The van der Waals surface area contributed by atoms with Crippen LogP contribution in [0.1, 0.15) is 29.7 Å². The van der Waals surface area contributed by atoms with E-state index in [1.165, 1.54) is 42.8 Å². The predicted octanol–water partition coefficient (Wildman–Crippen LogP) is 1.35. The molecule has 1 atom stereocenters. The topological polar surface area (TPSA) is 38.8 Å². The summed E-state index contributed by atoms with van der Waals surface area (Å²) in [5.41, 5.74) is 1.46. The molecule has 3 fully saturated rings. The van der Waals surface area contributed by atoms with Crippen molar-refractivity contribution in [2.24, 2.45) is 0 Å². The maximum Gasteiger partial charge on any atom is 0.238 e. The summed E-state index contributed by atoms with van der Waals surface area (Å²) in [6.07, 6.45) is 4.10. The van der Waals surface area contributed by atoms with Crippen molar-refractivity contribution in [1.82, 2.24) is 20.0 Å². The molecule has 0 saturated carbocycles. The van der Waals surface area contributed by atoms with Gasteiger partial charge in [0.25, 0.3) is 0 Å². The first-order valence-corrected chi connectivity index (χ1v) is 10.2. The normalized spacial score (nSPS) is 27.0. The molecular formula is C18H28N4OS. The van der Waals surface area contributed by atoms with Crippen molar-refractivity contribution in [1.29, 1.82) is 0 Å². The van der Waals surface area contributed by atoms with Gasteiger partial charge in [-0.2, -0.15) is 0 Å². The molecule has 1 N–H and O–H groups in total. The molecule has 3 saturated heterocycles. The number of carbonyl (C=O) groups is 1. The van der Waals surface area contributed by atoms with Crippen molar-refractivity contribution in [3.63, 3.8) is 0 Å². The Morgan fingerprint density at radius 3 is 2.79 bits per heavy atom. The molecule has 0 radical (unpaired) electrons. The Morgan fingerprint density at radius 2 is 1.92 bits per heavy atom. The van der Waals surface area contributed by atoms with Gasteiger partial charge in [-0.25, -0.2) is 0 Å². The second-order valence-corrected chi connectivity index (χ2v) is 8.33. The highest BCUT2D eigenvalue weighted by atomic mass is 32.1. The number of carbonyl (C=O) groups excluding carboxylic acids is 1. The van der Waals surface area contributed by atoms with Gasteiger partial charge >= 0.3 is 0 Å². The smallest absolute Gasteiger partial charge is 0.238 e. The first-order chi connectivity index (χ1) is 11.8. The largest absolute Gasteiger partial charge is 0.353 e. The number of thiophene rings is 1. The Labute approximate surface area is 148 Å². The number of nitrogens with one attached hydrogen (secondary N) is 1. The molecule has 0 bridgehead atoms. The van der Waals surface area contributed by atoms with Gasteiger partial charge in [0.05, 0.1) is 0 Å². The molecule has 132 valence electrons. The molecule has 0 aliphatic carbocycles. The lowest BCUT2D eigenvalue weighted by Crippen LogP contribution is -2.63. The first-order valence-electron chi connectivity index (χ1n) is 9.31. The Morgan fingerprint density at radius 1 is 1.04 bits per heavy atom. The number of fused-ring (bicyclic) bond motifs is 1. The van der Waals surface area contributed by atoms with Crippen LogP contribution in [0.15, 0.2) is 11.4 Å². The van der Waals surface area contributed by atoms with Crippen molar-refractivity contribution in [2.45, 2.75) is 38.4 Å². The lowest BCUT2D eigenvalue weighted by Gasteiger charge is -2.42. The number of likely N-dealkylation sites (tertiary alicyclic amines) is 1. The predicted molar refractivity (Wildman–Crippen MR) is 97.1 cm³/mol. The summed E-state index contributed by atoms with van der Waals surface area (Å²) >= 11 is 1.88. The monoisotopic (exact) mass is 348 g/mol. The van der Waals surface area contributed by atoms with Crippen LogP contribution in [0, 0.1) is 0 Å². The van der Waals surface area contributed by atoms with Crippen molar-refractivity contribution in [3.8, 4) is 0 Å². The molecule has 0 spiro atoms. The van der Waals surface area contributed by atoms with Gasteiger partial charge < -0.3 is 5.32 Å². The Balaban J connectivity index is 1.31. The number of nitrogens with zero attached hydrogens (tertiary/aromatic N) is 3. The molecule has 1 aromatic rings. The summed E-state index contributed by atoms with van der Waals surface area (Å²) in [6, 6.07) is 2.44. The number of amides is 1. The molecule has 1 amide bonds. The third kappa shape index (κ3) is 3.82. The highest BCUT2D eigenvalue weighted by Gasteiger charge is 2.34. The number of hydrogen-bond acceptors (Lipinski definition) is 5. The fraction of sp³-hybridized carbons (Fsp3) is 0.722. The van der Waals surface area contributed by atoms with E-state index in [1.54, 1.807) is 0 Å². The minimum atomic E-state index is 0.0558. The maximum atomic E-state index is 12.1. The average molecular weight is 349 g/mol. The zero-order valence-electron chi connectivity index (χ0n) is 14.4. The van der Waals surface area contributed by atoms with Crippen LogP contribution in [0.25, 0.3) is 0 Å². The highest BCUT2D eigenvalue weighted by Crippen LogP contribution is 2.22. The lowest BCUT2D eigenvalue weighted by molar-refractivity contribution is -0.131. The molecular weight excluding hydrogens is 320 g/mol. The van der Waals surface area contributed by atoms with E-state index in [-0.39, 0.29) is 11.9 Å². The number of piperidine rings is 1. The molecule has 5 nitrogen and oxygen atoms in total. The van der Waals surface area contributed by atoms with E-state index in [0.29, 0.717) is 0 Å². The van der Waals surface area contributed by atoms with E-state index >= 15 is 0 Å². The van der Waals surface area contributed by atoms with Gasteiger partial charge in [0, 0.05) is 50.7 Å². The standard InChI is InChI=1S/C18H28N4OS/c23-18-17-13-21(8-9-22(17)7-4-19-18)12-16-10-15(14-24-16)11-20-5-2-1-3-6-20/h10,14,17H,1-9,11-13H2,(H,19,23)/t17-/m0/s1.